The quantitative estimate of drug-likeness (QED) is 0.214. The summed E-state index contributed by atoms with van der Waals surface area (Å²) in [7, 11) is 0. The molecule has 9 aromatic rings. The predicted molar refractivity (Wildman–Crippen MR) is 190 cm³/mol. The van der Waals surface area contributed by atoms with E-state index in [0.29, 0.717) is 0 Å². The SMILES string of the molecule is c1ccc(-c2cc(-c3cccc(-c4cccc(-c5cccc6c5sc5ccccc56)c4)c3)c3[nH]c4ccccc4c3c2)cc1. The van der Waals surface area contributed by atoms with Crippen molar-refractivity contribution in [1.29, 1.82) is 0 Å². The number of thiophene rings is 1. The van der Waals surface area contributed by atoms with Gasteiger partial charge in [-0.05, 0) is 75.3 Å². The minimum Gasteiger partial charge on any atom is -0.354 e. The molecule has 0 atom stereocenters. The second-order valence-corrected chi connectivity index (χ2v) is 12.5. The molecule has 2 aromatic heterocycles. The minimum atomic E-state index is 1.16. The third-order valence-electron chi connectivity index (χ3n) is 8.81. The van der Waals surface area contributed by atoms with Gasteiger partial charge in [-0.15, -0.1) is 11.3 Å². The first kappa shape index (κ1) is 25.1. The third kappa shape index (κ3) is 4.07. The van der Waals surface area contributed by atoms with Gasteiger partial charge in [-0.25, -0.2) is 0 Å². The maximum absolute atomic E-state index is 3.74. The van der Waals surface area contributed by atoms with Gasteiger partial charge in [0, 0.05) is 42.0 Å². The zero-order chi connectivity index (χ0) is 29.0. The zero-order valence-electron chi connectivity index (χ0n) is 23.9. The smallest absolute Gasteiger partial charge is 0.0544 e. The second kappa shape index (κ2) is 10.1. The molecular formula is C42H27NS. The number of hydrogen-bond donors (Lipinski definition) is 1. The summed E-state index contributed by atoms with van der Waals surface area (Å²) < 4.78 is 2.68. The molecule has 1 nitrogen and oxygen atoms in total. The van der Waals surface area contributed by atoms with Crippen LogP contribution in [0.15, 0.2) is 158 Å². The van der Waals surface area contributed by atoms with Crippen LogP contribution in [0.1, 0.15) is 0 Å². The molecule has 206 valence electrons. The van der Waals surface area contributed by atoms with E-state index in [9.17, 15) is 0 Å². The van der Waals surface area contributed by atoms with Crippen molar-refractivity contribution in [3.63, 3.8) is 0 Å². The Hall–Kier alpha value is -5.44. The number of nitrogens with one attached hydrogen (secondary N) is 1. The Bertz CT molecular complexity index is 2500. The van der Waals surface area contributed by atoms with Crippen LogP contribution in [0, 0.1) is 0 Å². The molecule has 0 saturated heterocycles. The van der Waals surface area contributed by atoms with Crippen molar-refractivity contribution in [2.24, 2.45) is 0 Å². The van der Waals surface area contributed by atoms with Crippen LogP contribution in [0.25, 0.3) is 86.5 Å². The van der Waals surface area contributed by atoms with Gasteiger partial charge in [0.2, 0.25) is 0 Å². The summed E-state index contributed by atoms with van der Waals surface area (Å²) in [5, 5.41) is 5.16. The maximum atomic E-state index is 3.74. The molecule has 44 heavy (non-hydrogen) atoms. The van der Waals surface area contributed by atoms with Gasteiger partial charge in [0.15, 0.2) is 0 Å². The third-order valence-corrected chi connectivity index (χ3v) is 10.0. The van der Waals surface area contributed by atoms with Crippen molar-refractivity contribution >= 4 is 53.3 Å². The lowest BCUT2D eigenvalue weighted by Gasteiger charge is -2.12. The molecule has 0 aliphatic rings. The average molecular weight is 578 g/mol. The lowest BCUT2D eigenvalue weighted by atomic mass is 9.93. The van der Waals surface area contributed by atoms with Crippen LogP contribution >= 0.6 is 11.3 Å². The Morgan fingerprint density at radius 3 is 1.80 bits per heavy atom. The first-order chi connectivity index (χ1) is 21.8. The molecule has 2 heterocycles. The molecule has 2 heteroatoms. The minimum absolute atomic E-state index is 1.16. The first-order valence-corrected chi connectivity index (χ1v) is 15.8. The molecule has 9 rings (SSSR count). The van der Waals surface area contributed by atoms with Gasteiger partial charge >= 0.3 is 0 Å². The molecule has 1 N–H and O–H groups in total. The number of aromatic amines is 1. The van der Waals surface area contributed by atoms with E-state index in [1.165, 1.54) is 81.0 Å². The van der Waals surface area contributed by atoms with E-state index in [0.717, 1.165) is 5.52 Å². The van der Waals surface area contributed by atoms with Gasteiger partial charge in [-0.2, -0.15) is 0 Å². The van der Waals surface area contributed by atoms with Crippen LogP contribution in [0.4, 0.5) is 0 Å². The lowest BCUT2D eigenvalue weighted by Crippen LogP contribution is -1.87. The van der Waals surface area contributed by atoms with Gasteiger partial charge in [0.25, 0.3) is 0 Å². The molecule has 0 fully saturated rings. The Morgan fingerprint density at radius 2 is 0.977 bits per heavy atom. The first-order valence-electron chi connectivity index (χ1n) is 15.0. The van der Waals surface area contributed by atoms with Crippen LogP contribution in [0.5, 0.6) is 0 Å². The van der Waals surface area contributed by atoms with Crippen molar-refractivity contribution in [3.8, 4) is 44.5 Å². The molecule has 0 unspecified atom stereocenters. The van der Waals surface area contributed by atoms with Crippen molar-refractivity contribution in [2.75, 3.05) is 0 Å². The fourth-order valence-electron chi connectivity index (χ4n) is 6.68. The summed E-state index contributed by atoms with van der Waals surface area (Å²) in [6.07, 6.45) is 0. The highest BCUT2D eigenvalue weighted by Crippen LogP contribution is 2.42. The molecule has 0 radical (unpaired) electrons. The van der Waals surface area contributed by atoms with Crippen LogP contribution in [0.3, 0.4) is 0 Å². The highest BCUT2D eigenvalue weighted by Gasteiger charge is 2.15. The summed E-state index contributed by atoms with van der Waals surface area (Å²) >= 11 is 1.88. The number of hydrogen-bond acceptors (Lipinski definition) is 1. The zero-order valence-corrected chi connectivity index (χ0v) is 24.7. The molecule has 0 aliphatic carbocycles. The highest BCUT2D eigenvalue weighted by atomic mass is 32.1. The van der Waals surface area contributed by atoms with Gasteiger partial charge in [-0.1, -0.05) is 121 Å². The lowest BCUT2D eigenvalue weighted by molar-refractivity contribution is 1.53. The van der Waals surface area contributed by atoms with E-state index < -0.39 is 0 Å². The predicted octanol–water partition coefficient (Wildman–Crippen LogP) is 12.4. The number of benzene rings is 7. The van der Waals surface area contributed by atoms with Crippen molar-refractivity contribution in [2.45, 2.75) is 0 Å². The van der Waals surface area contributed by atoms with Crippen molar-refractivity contribution in [3.05, 3.63) is 158 Å². The van der Waals surface area contributed by atoms with Crippen LogP contribution < -0.4 is 0 Å². The molecule has 0 bridgehead atoms. The normalized spacial score (nSPS) is 11.6. The van der Waals surface area contributed by atoms with Crippen molar-refractivity contribution in [1.82, 2.24) is 4.98 Å². The fourth-order valence-corrected chi connectivity index (χ4v) is 7.92. The number of rotatable bonds is 4. The van der Waals surface area contributed by atoms with Crippen molar-refractivity contribution < 1.29 is 0 Å². The number of fused-ring (bicyclic) bond motifs is 6. The second-order valence-electron chi connectivity index (χ2n) is 11.4. The molecule has 0 aliphatic heterocycles. The fraction of sp³-hybridized carbons (Fsp3) is 0. The molecule has 7 aromatic carbocycles. The standard InChI is InChI=1S/C42H27NS/c1-2-11-27(12-3-1)32-25-37(41-38(26-32)34-17-4-6-21-39(34)43-41)31-16-9-14-29(24-31)28-13-8-15-30(23-28)33-19-10-20-36-35-18-5-7-22-40(35)44-42(33)36/h1-26,43H. The van der Waals surface area contributed by atoms with E-state index >= 15 is 0 Å². The summed E-state index contributed by atoms with van der Waals surface area (Å²) in [4.78, 5) is 3.74. The Labute approximate surface area is 259 Å². The van der Waals surface area contributed by atoms with E-state index in [1.807, 2.05) is 11.3 Å². The van der Waals surface area contributed by atoms with Crippen LogP contribution in [0.2, 0.25) is 0 Å². The Morgan fingerprint density at radius 1 is 0.364 bits per heavy atom. The Balaban J connectivity index is 1.20. The van der Waals surface area contributed by atoms with Gasteiger partial charge in [0.1, 0.15) is 0 Å². The van der Waals surface area contributed by atoms with Gasteiger partial charge in [0.05, 0.1) is 5.52 Å². The summed E-state index contributed by atoms with van der Waals surface area (Å²) in [6.45, 7) is 0. The molecular weight excluding hydrogens is 551 g/mol. The average Bonchev–Trinajstić information content (AvgIpc) is 3.67. The number of H-pyrrole nitrogens is 1. The number of aromatic nitrogens is 1. The van der Waals surface area contributed by atoms with Gasteiger partial charge < -0.3 is 4.98 Å². The van der Waals surface area contributed by atoms with E-state index in [4.69, 9.17) is 0 Å². The largest absolute Gasteiger partial charge is 0.354 e. The summed E-state index contributed by atoms with van der Waals surface area (Å²) in [6, 6.07) is 57.4. The number of para-hydroxylation sites is 1. The summed E-state index contributed by atoms with van der Waals surface area (Å²) in [5.74, 6) is 0. The van der Waals surface area contributed by atoms with Crippen LogP contribution in [-0.4, -0.2) is 4.98 Å². The molecule has 0 amide bonds. The Kier molecular flexibility index (Phi) is 5.75. The van der Waals surface area contributed by atoms with E-state index in [2.05, 4.69) is 163 Å². The van der Waals surface area contributed by atoms with Gasteiger partial charge in [-0.3, -0.25) is 0 Å². The molecule has 0 saturated carbocycles. The van der Waals surface area contributed by atoms with E-state index in [-0.39, 0.29) is 0 Å². The van der Waals surface area contributed by atoms with E-state index in [1.54, 1.807) is 0 Å². The summed E-state index contributed by atoms with van der Waals surface area (Å²) in [5.41, 5.74) is 12.2. The maximum Gasteiger partial charge on any atom is 0.0544 e. The molecule has 0 spiro atoms. The topological polar surface area (TPSA) is 15.8 Å². The highest BCUT2D eigenvalue weighted by molar-refractivity contribution is 7.26. The van der Waals surface area contributed by atoms with Crippen LogP contribution in [-0.2, 0) is 0 Å². The monoisotopic (exact) mass is 577 g/mol.